The van der Waals surface area contributed by atoms with E-state index in [1.165, 1.54) is 26.9 Å². The Morgan fingerprint density at radius 1 is 0.939 bits per heavy atom. The molecule has 5 heteroatoms. The highest BCUT2D eigenvalue weighted by Crippen LogP contribution is 2.37. The number of likely N-dealkylation sites (N-methyl/N-ethyl adjacent to an activating group) is 1. The van der Waals surface area contributed by atoms with Crippen LogP contribution in [0.25, 0.3) is 10.9 Å². The van der Waals surface area contributed by atoms with E-state index in [1.54, 1.807) is 11.3 Å². The zero-order valence-corrected chi connectivity index (χ0v) is 20.0. The van der Waals surface area contributed by atoms with Crippen molar-refractivity contribution in [1.29, 1.82) is 0 Å². The summed E-state index contributed by atoms with van der Waals surface area (Å²) < 4.78 is 2.34. The van der Waals surface area contributed by atoms with Gasteiger partial charge in [0, 0.05) is 67.0 Å². The molecule has 1 aliphatic heterocycles. The van der Waals surface area contributed by atoms with Gasteiger partial charge in [0.05, 0.1) is 0 Å². The Balaban J connectivity index is 1.47. The molecule has 1 amide bonds. The second-order valence-corrected chi connectivity index (χ2v) is 9.78. The van der Waals surface area contributed by atoms with Crippen LogP contribution in [0, 0.1) is 0 Å². The molecule has 2 aromatic heterocycles. The van der Waals surface area contributed by atoms with Gasteiger partial charge in [-0.25, -0.2) is 0 Å². The molecule has 0 radical (unpaired) electrons. The maximum absolute atomic E-state index is 13.4. The molecule has 170 valence electrons. The van der Waals surface area contributed by atoms with Crippen molar-refractivity contribution in [2.45, 2.75) is 25.8 Å². The average Bonchev–Trinajstić information content (AvgIpc) is 3.52. The van der Waals surface area contributed by atoms with Crippen molar-refractivity contribution in [3.05, 3.63) is 94.3 Å². The quantitative estimate of drug-likeness (QED) is 0.370. The van der Waals surface area contributed by atoms with Crippen molar-refractivity contribution in [3.63, 3.8) is 0 Å². The molecule has 0 aliphatic carbocycles. The Bertz CT molecular complexity index is 1190. The molecule has 1 atom stereocenters. The summed E-state index contributed by atoms with van der Waals surface area (Å²) in [7, 11) is 0. The number of piperazine rings is 1. The van der Waals surface area contributed by atoms with Crippen LogP contribution >= 0.6 is 11.3 Å². The van der Waals surface area contributed by atoms with Gasteiger partial charge in [0.1, 0.15) is 0 Å². The highest BCUT2D eigenvalue weighted by Gasteiger charge is 2.27. The second-order valence-electron chi connectivity index (χ2n) is 8.80. The number of carbonyl (C=O) groups is 1. The number of rotatable bonds is 7. The summed E-state index contributed by atoms with van der Waals surface area (Å²) in [4.78, 5) is 19.2. The lowest BCUT2D eigenvalue weighted by Gasteiger charge is -2.34. The minimum Gasteiger partial charge on any atom is -0.343 e. The minimum absolute atomic E-state index is 0.0728. The SMILES string of the molecule is CCN1CCN(C(=O)CC(c2cccs2)c2cn(Cc3ccccc3)c3ccccc23)CC1. The first-order chi connectivity index (χ1) is 16.2. The molecule has 4 nitrogen and oxygen atoms in total. The minimum atomic E-state index is 0.0728. The van der Waals surface area contributed by atoms with E-state index in [-0.39, 0.29) is 11.8 Å². The number of para-hydroxylation sites is 1. The molecular weight excluding hydrogens is 426 g/mol. The van der Waals surface area contributed by atoms with Crippen LogP contribution in [0.1, 0.15) is 35.3 Å². The molecule has 2 aromatic carbocycles. The molecule has 1 unspecified atom stereocenters. The van der Waals surface area contributed by atoms with Crippen molar-refractivity contribution in [2.24, 2.45) is 0 Å². The van der Waals surface area contributed by atoms with Gasteiger partial charge < -0.3 is 14.4 Å². The van der Waals surface area contributed by atoms with E-state index < -0.39 is 0 Å². The Hall–Kier alpha value is -2.89. The van der Waals surface area contributed by atoms with Gasteiger partial charge in [-0.2, -0.15) is 0 Å². The molecule has 4 aromatic rings. The molecule has 5 rings (SSSR count). The van der Waals surface area contributed by atoms with Crippen molar-refractivity contribution >= 4 is 28.1 Å². The first kappa shape index (κ1) is 21.9. The number of aromatic nitrogens is 1. The van der Waals surface area contributed by atoms with Gasteiger partial charge in [0.2, 0.25) is 5.91 Å². The zero-order valence-electron chi connectivity index (χ0n) is 19.2. The number of carbonyl (C=O) groups excluding carboxylic acids is 1. The number of hydrogen-bond donors (Lipinski definition) is 0. The lowest BCUT2D eigenvalue weighted by atomic mass is 9.93. The van der Waals surface area contributed by atoms with Crippen LogP contribution in [0.2, 0.25) is 0 Å². The third-order valence-corrected chi connectivity index (χ3v) is 7.81. The van der Waals surface area contributed by atoms with Gasteiger partial charge in [0.25, 0.3) is 0 Å². The summed E-state index contributed by atoms with van der Waals surface area (Å²) in [5, 5.41) is 3.37. The largest absolute Gasteiger partial charge is 0.343 e. The molecule has 1 aliphatic rings. The van der Waals surface area contributed by atoms with E-state index in [1.807, 2.05) is 0 Å². The summed E-state index contributed by atoms with van der Waals surface area (Å²) in [5.41, 5.74) is 3.76. The van der Waals surface area contributed by atoms with E-state index in [4.69, 9.17) is 0 Å². The fourth-order valence-corrected chi connectivity index (χ4v) is 5.78. The molecule has 1 saturated heterocycles. The summed E-state index contributed by atoms with van der Waals surface area (Å²) in [6.45, 7) is 7.69. The molecule has 1 fully saturated rings. The predicted octanol–water partition coefficient (Wildman–Crippen LogP) is 5.44. The fourth-order valence-electron chi connectivity index (χ4n) is 4.93. The molecule has 0 saturated carbocycles. The van der Waals surface area contributed by atoms with Crippen LogP contribution in [0.5, 0.6) is 0 Å². The third-order valence-electron chi connectivity index (χ3n) is 6.83. The van der Waals surface area contributed by atoms with Gasteiger partial charge in [-0.1, -0.05) is 61.5 Å². The van der Waals surface area contributed by atoms with Gasteiger partial charge in [0.15, 0.2) is 0 Å². The van der Waals surface area contributed by atoms with Crippen molar-refractivity contribution in [3.8, 4) is 0 Å². The van der Waals surface area contributed by atoms with E-state index in [0.717, 1.165) is 39.3 Å². The third kappa shape index (κ3) is 4.75. The maximum atomic E-state index is 13.4. The summed E-state index contributed by atoms with van der Waals surface area (Å²) >= 11 is 1.75. The van der Waals surface area contributed by atoms with Crippen LogP contribution in [-0.2, 0) is 11.3 Å². The van der Waals surface area contributed by atoms with Crippen LogP contribution in [-0.4, -0.2) is 53.0 Å². The van der Waals surface area contributed by atoms with Crippen molar-refractivity contribution in [2.75, 3.05) is 32.7 Å². The fraction of sp³-hybridized carbons (Fsp3) is 0.321. The summed E-state index contributed by atoms with van der Waals surface area (Å²) in [6.07, 6.45) is 2.80. The highest BCUT2D eigenvalue weighted by atomic mass is 32.1. The van der Waals surface area contributed by atoms with E-state index in [9.17, 15) is 4.79 Å². The first-order valence-electron chi connectivity index (χ1n) is 11.9. The summed E-state index contributed by atoms with van der Waals surface area (Å²) in [6, 6.07) is 23.5. The van der Waals surface area contributed by atoms with Crippen LogP contribution in [0.4, 0.5) is 0 Å². The average molecular weight is 458 g/mol. The molecule has 33 heavy (non-hydrogen) atoms. The lowest BCUT2D eigenvalue weighted by molar-refractivity contribution is -0.133. The Morgan fingerprint density at radius 2 is 1.70 bits per heavy atom. The number of thiophene rings is 1. The maximum Gasteiger partial charge on any atom is 0.223 e. The number of fused-ring (bicyclic) bond motifs is 1. The number of hydrogen-bond acceptors (Lipinski definition) is 3. The first-order valence-corrected chi connectivity index (χ1v) is 12.8. The lowest BCUT2D eigenvalue weighted by Crippen LogP contribution is -2.48. The summed E-state index contributed by atoms with van der Waals surface area (Å²) in [5.74, 6) is 0.340. The molecule has 0 bridgehead atoms. The topological polar surface area (TPSA) is 28.5 Å². The normalized spacial score (nSPS) is 15.7. The van der Waals surface area contributed by atoms with E-state index >= 15 is 0 Å². The smallest absolute Gasteiger partial charge is 0.223 e. The van der Waals surface area contributed by atoms with Gasteiger partial charge in [-0.15, -0.1) is 11.3 Å². The number of amides is 1. The molecular formula is C28H31N3OS. The predicted molar refractivity (Wildman–Crippen MR) is 137 cm³/mol. The standard InChI is InChI=1S/C28H31N3OS/c1-2-29-14-16-30(17-15-29)28(32)19-24(27-13-8-18-33-27)25-21-31(20-22-9-4-3-5-10-22)26-12-7-6-11-23(25)26/h3-13,18,21,24H,2,14-17,19-20H2,1H3. The molecule has 0 N–H and O–H groups in total. The number of nitrogens with zero attached hydrogens (tertiary/aromatic N) is 3. The highest BCUT2D eigenvalue weighted by molar-refractivity contribution is 7.10. The second kappa shape index (κ2) is 9.94. The van der Waals surface area contributed by atoms with Gasteiger partial charge in [-0.3, -0.25) is 4.79 Å². The zero-order chi connectivity index (χ0) is 22.6. The monoisotopic (exact) mass is 457 g/mol. The Kier molecular flexibility index (Phi) is 6.60. The van der Waals surface area contributed by atoms with Crippen LogP contribution in [0.3, 0.4) is 0 Å². The van der Waals surface area contributed by atoms with Gasteiger partial charge >= 0.3 is 0 Å². The van der Waals surface area contributed by atoms with Crippen molar-refractivity contribution in [1.82, 2.24) is 14.4 Å². The number of benzene rings is 2. The van der Waals surface area contributed by atoms with E-state index in [0.29, 0.717) is 6.42 Å². The molecule has 0 spiro atoms. The Morgan fingerprint density at radius 3 is 2.42 bits per heavy atom. The molecule has 3 heterocycles. The van der Waals surface area contributed by atoms with Crippen molar-refractivity contribution < 1.29 is 4.79 Å². The van der Waals surface area contributed by atoms with Gasteiger partial charge in [-0.05, 0) is 35.2 Å². The van der Waals surface area contributed by atoms with Crippen LogP contribution in [0.15, 0.2) is 78.3 Å². The van der Waals surface area contributed by atoms with Crippen LogP contribution < -0.4 is 0 Å². The van der Waals surface area contributed by atoms with E-state index in [2.05, 4.69) is 99.6 Å². The Labute approximate surface area is 200 Å².